The third-order valence-corrected chi connectivity index (χ3v) is 9.60. The summed E-state index contributed by atoms with van der Waals surface area (Å²) in [4.78, 5) is 28.5. The van der Waals surface area contributed by atoms with Gasteiger partial charge in [0.05, 0.1) is 48.9 Å². The lowest BCUT2D eigenvalue weighted by Crippen LogP contribution is -2.19. The number of unbranched alkanes of at least 4 members (excludes halogenated alkanes) is 2. The van der Waals surface area contributed by atoms with Gasteiger partial charge in [-0.05, 0) is 67.1 Å². The molecule has 0 spiro atoms. The first-order chi connectivity index (χ1) is 26.4. The minimum Gasteiger partial charge on any atom is -0.493 e. The fraction of sp³-hybridized carbons (Fsp3) is 0.478. The van der Waals surface area contributed by atoms with Gasteiger partial charge in [-0.3, -0.25) is 9.59 Å². The highest BCUT2D eigenvalue weighted by Gasteiger charge is 2.22. The Morgan fingerprint density at radius 2 is 0.964 bits per heavy atom. The Morgan fingerprint density at radius 3 is 1.30 bits per heavy atom. The van der Waals surface area contributed by atoms with Crippen LogP contribution in [0.5, 0.6) is 23.0 Å². The predicted molar refractivity (Wildman–Crippen MR) is 237 cm³/mol. The molecule has 0 unspecified atom stereocenters. The largest absolute Gasteiger partial charge is 0.493 e. The van der Waals surface area contributed by atoms with Crippen LogP contribution in [0, 0.1) is 34.8 Å². The quantitative estimate of drug-likeness (QED) is 0.0756. The average molecular weight is 797 g/mol. The number of rotatable bonds is 18. The number of anilines is 2. The van der Waals surface area contributed by atoms with Crippen molar-refractivity contribution in [2.45, 2.75) is 107 Å². The molecule has 0 fully saturated rings. The Morgan fingerprint density at radius 1 is 0.571 bits per heavy atom. The van der Waals surface area contributed by atoms with Gasteiger partial charge in [0.15, 0.2) is 0 Å². The van der Waals surface area contributed by atoms with Crippen molar-refractivity contribution in [3.8, 4) is 45.9 Å². The topological polar surface area (TPSA) is 95.1 Å². The lowest BCUT2D eigenvalue weighted by molar-refractivity contribution is 0.101. The first kappa shape index (κ1) is 45.7. The second kappa shape index (κ2) is 21.6. The molecule has 0 atom stereocenters. The van der Waals surface area contributed by atoms with E-state index in [0.717, 1.165) is 36.8 Å². The Bertz CT molecular complexity index is 1790. The minimum atomic E-state index is -1.67. The van der Waals surface area contributed by atoms with Crippen LogP contribution >= 0.6 is 0 Å². The Hall–Kier alpha value is -4.65. The van der Waals surface area contributed by atoms with E-state index >= 15 is 0 Å². The van der Waals surface area contributed by atoms with E-state index in [2.05, 4.69) is 114 Å². The highest BCUT2D eigenvalue weighted by atomic mass is 28.3. The van der Waals surface area contributed by atoms with Crippen LogP contribution in [0.4, 0.5) is 11.4 Å². The highest BCUT2D eigenvalue weighted by Crippen LogP contribution is 2.39. The van der Waals surface area contributed by atoms with Gasteiger partial charge in [-0.25, -0.2) is 0 Å². The van der Waals surface area contributed by atoms with Crippen molar-refractivity contribution in [1.29, 1.82) is 0 Å². The molecule has 0 aromatic heterocycles. The van der Waals surface area contributed by atoms with Crippen molar-refractivity contribution in [3.05, 3.63) is 70.8 Å². The van der Waals surface area contributed by atoms with E-state index in [1.54, 1.807) is 24.3 Å². The van der Waals surface area contributed by atoms with Crippen LogP contribution in [-0.2, 0) is 0 Å². The smallest absolute Gasteiger partial charge is 0.259 e. The molecule has 10 heteroatoms. The summed E-state index contributed by atoms with van der Waals surface area (Å²) in [6, 6.07) is 14.4. The Labute approximate surface area is 338 Å². The molecule has 2 N–H and O–H groups in total. The molecule has 56 heavy (non-hydrogen) atoms. The van der Waals surface area contributed by atoms with Crippen molar-refractivity contribution in [3.63, 3.8) is 0 Å². The summed E-state index contributed by atoms with van der Waals surface area (Å²) in [5.41, 5.74) is 9.70. The second-order valence-corrected chi connectivity index (χ2v) is 26.5. The number of carbonyl (C=O) groups is 2. The molecular weight excluding hydrogens is 733 g/mol. The van der Waals surface area contributed by atoms with Crippen LogP contribution in [0.2, 0.25) is 39.3 Å². The zero-order chi connectivity index (χ0) is 41.5. The number of hydrogen-bond acceptors (Lipinski definition) is 6. The normalized spacial score (nSPS) is 11.2. The molecule has 302 valence electrons. The lowest BCUT2D eigenvalue weighted by Gasteiger charge is -2.21. The molecule has 0 radical (unpaired) electrons. The summed E-state index contributed by atoms with van der Waals surface area (Å²) in [7, 11) is -3.34. The van der Waals surface area contributed by atoms with Crippen molar-refractivity contribution < 1.29 is 28.5 Å². The van der Waals surface area contributed by atoms with Crippen molar-refractivity contribution in [2.75, 3.05) is 37.1 Å². The number of amides is 2. The van der Waals surface area contributed by atoms with Crippen LogP contribution in [-0.4, -0.2) is 54.4 Å². The molecule has 0 aliphatic carbocycles. The maximum absolute atomic E-state index is 14.3. The van der Waals surface area contributed by atoms with Crippen molar-refractivity contribution in [2.24, 2.45) is 11.8 Å². The summed E-state index contributed by atoms with van der Waals surface area (Å²) >= 11 is 0. The molecule has 0 heterocycles. The summed E-state index contributed by atoms with van der Waals surface area (Å²) in [5, 5.41) is 6.17. The SMILES string of the molecule is CCCCOc1ccc(C#C[Si](C)(C)C)cc1C(=O)Nc1cc(NC(=O)c2cc(C#C[Si](C)(C)C)ccc2OCCCC)c(OCC(C)C)cc1OCC(C)C. The van der Waals surface area contributed by atoms with Gasteiger partial charge in [0.2, 0.25) is 0 Å². The maximum atomic E-state index is 14.3. The molecule has 2 amide bonds. The van der Waals surface area contributed by atoms with Crippen LogP contribution in [0.15, 0.2) is 48.5 Å². The number of ether oxygens (including phenoxy) is 4. The lowest BCUT2D eigenvalue weighted by atomic mass is 10.1. The second-order valence-electron chi connectivity index (χ2n) is 17.0. The van der Waals surface area contributed by atoms with Crippen molar-refractivity contribution >= 4 is 39.3 Å². The third-order valence-electron chi connectivity index (χ3n) is 7.85. The standard InChI is InChI=1S/C46H64N2O6Si2/c1-13-15-23-51-41-19-17-35(21-25-55(7,8)9)27-37(41)45(49)47-39-29-40(44(54-32-34(5)6)30-43(39)53-31-33(3)4)48-46(50)38-28-36(22-26-56(10,11)12)18-20-42(38)52-24-16-14-2/h17-20,27-30,33-34H,13-16,23-24,31-32H2,1-12H3,(H,47,49)(H,48,50). The van der Waals surface area contributed by atoms with E-state index in [1.165, 1.54) is 0 Å². The molecule has 3 aromatic rings. The summed E-state index contributed by atoms with van der Waals surface area (Å²) in [5.74, 6) is 7.94. The van der Waals surface area contributed by atoms with Gasteiger partial charge in [-0.15, -0.1) is 11.1 Å². The summed E-state index contributed by atoms with van der Waals surface area (Å²) < 4.78 is 24.8. The molecule has 3 rings (SSSR count). The van der Waals surface area contributed by atoms with Crippen LogP contribution in [0.3, 0.4) is 0 Å². The molecule has 0 saturated heterocycles. The van der Waals surface area contributed by atoms with Gasteiger partial charge in [-0.2, -0.15) is 0 Å². The predicted octanol–water partition coefficient (Wildman–Crippen LogP) is 11.1. The molecule has 0 aliphatic rings. The van der Waals surface area contributed by atoms with Gasteiger partial charge < -0.3 is 29.6 Å². The molecule has 0 bridgehead atoms. The van der Waals surface area contributed by atoms with Gasteiger partial charge in [0, 0.05) is 17.2 Å². The first-order valence-corrected chi connectivity index (χ1v) is 27.1. The maximum Gasteiger partial charge on any atom is 0.259 e. The summed E-state index contributed by atoms with van der Waals surface area (Å²) in [6.45, 7) is 27.2. The molecule has 3 aromatic carbocycles. The fourth-order valence-electron chi connectivity index (χ4n) is 4.88. The monoisotopic (exact) mass is 796 g/mol. The van der Waals surface area contributed by atoms with Gasteiger partial charge in [0.1, 0.15) is 39.1 Å². The van der Waals surface area contributed by atoms with E-state index in [9.17, 15) is 9.59 Å². The Balaban J connectivity index is 2.17. The zero-order valence-electron chi connectivity index (χ0n) is 35.9. The number of hydrogen-bond donors (Lipinski definition) is 2. The van der Waals surface area contributed by atoms with E-state index in [0.29, 0.717) is 71.9 Å². The number of carbonyl (C=O) groups excluding carboxylic acids is 2. The van der Waals surface area contributed by atoms with Crippen LogP contribution in [0.25, 0.3) is 0 Å². The van der Waals surface area contributed by atoms with E-state index in [-0.39, 0.29) is 11.8 Å². The minimum absolute atomic E-state index is 0.209. The molecular formula is C46H64N2O6Si2. The van der Waals surface area contributed by atoms with Gasteiger partial charge >= 0.3 is 0 Å². The first-order valence-electron chi connectivity index (χ1n) is 20.1. The number of nitrogens with one attached hydrogen (secondary N) is 2. The molecule has 0 saturated carbocycles. The molecule has 0 aliphatic heterocycles. The van der Waals surface area contributed by atoms with Crippen molar-refractivity contribution in [1.82, 2.24) is 0 Å². The molecule has 8 nitrogen and oxygen atoms in total. The van der Waals surface area contributed by atoms with E-state index in [1.807, 2.05) is 24.3 Å². The van der Waals surface area contributed by atoms with E-state index < -0.39 is 28.0 Å². The van der Waals surface area contributed by atoms with Gasteiger partial charge in [0.25, 0.3) is 11.8 Å². The fourth-order valence-corrected chi connectivity index (χ4v) is 5.92. The average Bonchev–Trinajstić information content (AvgIpc) is 3.12. The summed E-state index contributed by atoms with van der Waals surface area (Å²) in [6.07, 6.45) is 3.62. The van der Waals surface area contributed by atoms with Gasteiger partial charge in [-0.1, -0.05) is 106 Å². The number of benzene rings is 3. The zero-order valence-corrected chi connectivity index (χ0v) is 37.9. The van der Waals surface area contributed by atoms with E-state index in [4.69, 9.17) is 18.9 Å². The third kappa shape index (κ3) is 15.8. The van der Waals surface area contributed by atoms with Crippen LogP contribution < -0.4 is 29.6 Å². The Kier molecular flexibility index (Phi) is 17.6. The van der Waals surface area contributed by atoms with Crippen LogP contribution in [0.1, 0.15) is 99.1 Å². The highest BCUT2D eigenvalue weighted by molar-refractivity contribution is 6.84.